The van der Waals surface area contributed by atoms with Crippen LogP contribution in [0.2, 0.25) is 0 Å². The quantitative estimate of drug-likeness (QED) is 0.789. The lowest BCUT2D eigenvalue weighted by Gasteiger charge is -2.35. The minimum Gasteiger partial charge on any atom is -0.469 e. The van der Waals surface area contributed by atoms with Crippen LogP contribution in [0.4, 0.5) is 4.79 Å². The van der Waals surface area contributed by atoms with Crippen LogP contribution in [0.15, 0.2) is 0 Å². The van der Waals surface area contributed by atoms with E-state index in [0.29, 0.717) is 25.6 Å². The normalized spacial score (nSPS) is 18.0. The van der Waals surface area contributed by atoms with Gasteiger partial charge in [-0.05, 0) is 40.0 Å². The number of carbonyl (C=O) groups is 2. The topological polar surface area (TPSA) is 67.9 Å². The first-order valence-electron chi connectivity index (χ1n) is 8.06. The number of likely N-dealkylation sites (tertiary alicyclic amines) is 1. The Morgan fingerprint density at radius 1 is 1.27 bits per heavy atom. The summed E-state index contributed by atoms with van der Waals surface area (Å²) in [5.41, 5.74) is -0.458. The van der Waals surface area contributed by atoms with Crippen molar-refractivity contribution in [3.63, 3.8) is 0 Å². The number of nitrogens with one attached hydrogen (secondary N) is 1. The third-order valence-corrected chi connectivity index (χ3v) is 3.75. The number of piperidine rings is 1. The van der Waals surface area contributed by atoms with Crippen molar-refractivity contribution in [3.8, 4) is 0 Å². The molecule has 0 radical (unpaired) electrons. The summed E-state index contributed by atoms with van der Waals surface area (Å²) in [6, 6.07) is 0.457. The van der Waals surface area contributed by atoms with E-state index < -0.39 is 5.60 Å². The van der Waals surface area contributed by atoms with Gasteiger partial charge in [0.05, 0.1) is 13.5 Å². The van der Waals surface area contributed by atoms with Crippen molar-refractivity contribution in [2.24, 2.45) is 0 Å². The average Bonchev–Trinajstić information content (AvgIpc) is 2.45. The van der Waals surface area contributed by atoms with Gasteiger partial charge in [0.15, 0.2) is 0 Å². The molecule has 1 heterocycles. The molecule has 1 rings (SSSR count). The molecule has 0 aliphatic carbocycles. The molecular formula is C16H30N2O4. The van der Waals surface area contributed by atoms with Crippen LogP contribution in [0, 0.1) is 0 Å². The highest BCUT2D eigenvalue weighted by molar-refractivity contribution is 5.70. The first-order valence-corrected chi connectivity index (χ1v) is 8.06. The smallest absolute Gasteiger partial charge is 0.410 e. The van der Waals surface area contributed by atoms with Crippen LogP contribution in [0.5, 0.6) is 0 Å². The fourth-order valence-corrected chi connectivity index (χ4v) is 2.49. The van der Waals surface area contributed by atoms with Gasteiger partial charge < -0.3 is 19.7 Å². The Morgan fingerprint density at radius 3 is 2.32 bits per heavy atom. The molecule has 1 aliphatic heterocycles. The van der Waals surface area contributed by atoms with Gasteiger partial charge in [-0.15, -0.1) is 0 Å². The summed E-state index contributed by atoms with van der Waals surface area (Å²) in [6.45, 7) is 9.03. The van der Waals surface area contributed by atoms with Crippen molar-refractivity contribution in [1.82, 2.24) is 10.2 Å². The Kier molecular flexibility index (Phi) is 7.13. The summed E-state index contributed by atoms with van der Waals surface area (Å²) < 4.78 is 10.1. The fourth-order valence-electron chi connectivity index (χ4n) is 2.49. The molecule has 6 nitrogen and oxygen atoms in total. The van der Waals surface area contributed by atoms with Gasteiger partial charge in [0.25, 0.3) is 0 Å². The molecule has 1 N–H and O–H groups in total. The summed E-state index contributed by atoms with van der Waals surface area (Å²) in [5.74, 6) is -0.189. The highest BCUT2D eigenvalue weighted by Gasteiger charge is 2.27. The zero-order valence-corrected chi connectivity index (χ0v) is 14.5. The van der Waals surface area contributed by atoms with E-state index in [1.165, 1.54) is 7.11 Å². The van der Waals surface area contributed by atoms with E-state index in [0.717, 1.165) is 19.3 Å². The van der Waals surface area contributed by atoms with E-state index in [4.69, 9.17) is 9.47 Å². The zero-order chi connectivity index (χ0) is 16.8. The van der Waals surface area contributed by atoms with Gasteiger partial charge in [0.2, 0.25) is 0 Å². The van der Waals surface area contributed by atoms with E-state index in [1.54, 1.807) is 4.90 Å². The number of rotatable bonds is 5. The van der Waals surface area contributed by atoms with Crippen LogP contribution in [0.1, 0.15) is 53.4 Å². The van der Waals surface area contributed by atoms with Gasteiger partial charge in [-0.25, -0.2) is 4.79 Å². The second-order valence-corrected chi connectivity index (χ2v) is 6.79. The Balaban J connectivity index is 2.38. The summed E-state index contributed by atoms with van der Waals surface area (Å²) in [6.07, 6.45) is 2.77. The first-order chi connectivity index (χ1) is 10.2. The van der Waals surface area contributed by atoms with Gasteiger partial charge in [-0.1, -0.05) is 6.92 Å². The molecule has 0 aromatic carbocycles. The molecule has 0 unspecified atom stereocenters. The number of ether oxygens (including phenoxy) is 2. The maximum atomic E-state index is 12.0. The third kappa shape index (κ3) is 6.64. The molecule has 1 aliphatic rings. The van der Waals surface area contributed by atoms with Crippen molar-refractivity contribution in [1.29, 1.82) is 0 Å². The number of esters is 1. The highest BCUT2D eigenvalue weighted by atomic mass is 16.6. The van der Waals surface area contributed by atoms with Crippen molar-refractivity contribution >= 4 is 12.1 Å². The average molecular weight is 314 g/mol. The number of amides is 1. The zero-order valence-electron chi connectivity index (χ0n) is 14.5. The van der Waals surface area contributed by atoms with Gasteiger partial charge in [-0.3, -0.25) is 4.79 Å². The fraction of sp³-hybridized carbons (Fsp3) is 0.875. The van der Waals surface area contributed by atoms with Crippen LogP contribution in [-0.4, -0.2) is 54.8 Å². The summed E-state index contributed by atoms with van der Waals surface area (Å²) in [5, 5.41) is 3.50. The number of methoxy groups -OCH3 is 1. The van der Waals surface area contributed by atoms with Crippen LogP contribution in [0.3, 0.4) is 0 Å². The molecule has 22 heavy (non-hydrogen) atoms. The van der Waals surface area contributed by atoms with Crippen LogP contribution >= 0.6 is 0 Å². The largest absolute Gasteiger partial charge is 0.469 e. The molecular weight excluding hydrogens is 284 g/mol. The van der Waals surface area contributed by atoms with Gasteiger partial charge in [0.1, 0.15) is 5.60 Å². The van der Waals surface area contributed by atoms with Crippen LogP contribution < -0.4 is 5.32 Å². The lowest BCUT2D eigenvalue weighted by atomic mass is 10.0. The van der Waals surface area contributed by atoms with E-state index >= 15 is 0 Å². The number of hydrogen-bond donors (Lipinski definition) is 1. The predicted octanol–water partition coefficient (Wildman–Crippen LogP) is 2.32. The molecule has 0 bridgehead atoms. The molecule has 0 saturated carbocycles. The monoisotopic (exact) mass is 314 g/mol. The minimum absolute atomic E-state index is 0.130. The number of nitrogens with zero attached hydrogens (tertiary/aromatic N) is 1. The van der Waals surface area contributed by atoms with E-state index in [2.05, 4.69) is 12.2 Å². The van der Waals surface area contributed by atoms with Crippen molar-refractivity contribution in [3.05, 3.63) is 0 Å². The molecule has 128 valence electrons. The second-order valence-electron chi connectivity index (χ2n) is 6.79. The summed E-state index contributed by atoms with van der Waals surface area (Å²) in [4.78, 5) is 25.1. The lowest BCUT2D eigenvalue weighted by Crippen LogP contribution is -2.49. The molecule has 1 amide bonds. The third-order valence-electron chi connectivity index (χ3n) is 3.75. The number of carbonyl (C=O) groups excluding carboxylic acids is 2. The molecule has 1 fully saturated rings. The van der Waals surface area contributed by atoms with E-state index in [9.17, 15) is 9.59 Å². The van der Waals surface area contributed by atoms with E-state index in [-0.39, 0.29) is 18.1 Å². The maximum Gasteiger partial charge on any atom is 0.410 e. The van der Waals surface area contributed by atoms with Gasteiger partial charge in [-0.2, -0.15) is 0 Å². The molecule has 0 aromatic heterocycles. The standard InChI is InChI=1S/C16H30N2O4/c1-6-12(11-14(19)21-5)17-13-7-9-18(10-8-13)15(20)22-16(2,3)4/h12-13,17H,6-11H2,1-5H3/t12-/m0/s1. The van der Waals surface area contributed by atoms with Crippen LogP contribution in [0.25, 0.3) is 0 Å². The predicted molar refractivity (Wildman–Crippen MR) is 84.7 cm³/mol. The molecule has 1 atom stereocenters. The number of hydrogen-bond acceptors (Lipinski definition) is 5. The molecule has 0 spiro atoms. The summed E-state index contributed by atoms with van der Waals surface area (Å²) in [7, 11) is 1.41. The Labute approximate surface area is 133 Å². The first kappa shape index (κ1) is 18.7. The summed E-state index contributed by atoms with van der Waals surface area (Å²) >= 11 is 0. The van der Waals surface area contributed by atoms with Crippen LogP contribution in [-0.2, 0) is 14.3 Å². The second kappa shape index (κ2) is 8.36. The molecule has 0 aromatic rings. The lowest BCUT2D eigenvalue weighted by molar-refractivity contribution is -0.141. The van der Waals surface area contributed by atoms with E-state index in [1.807, 2.05) is 20.8 Å². The Morgan fingerprint density at radius 2 is 1.86 bits per heavy atom. The van der Waals surface area contributed by atoms with Crippen molar-refractivity contribution in [2.75, 3.05) is 20.2 Å². The highest BCUT2D eigenvalue weighted by Crippen LogP contribution is 2.16. The molecule has 6 heteroatoms. The maximum absolute atomic E-state index is 12.0. The van der Waals surface area contributed by atoms with Crippen molar-refractivity contribution < 1.29 is 19.1 Å². The Bertz CT molecular complexity index is 371. The van der Waals surface area contributed by atoms with Crippen molar-refractivity contribution in [2.45, 2.75) is 71.1 Å². The molecule has 1 saturated heterocycles. The Hall–Kier alpha value is -1.30. The minimum atomic E-state index is -0.458. The van der Waals surface area contributed by atoms with Gasteiger partial charge >= 0.3 is 12.1 Å². The van der Waals surface area contributed by atoms with Gasteiger partial charge in [0, 0.05) is 25.2 Å². The SMILES string of the molecule is CC[C@@H](CC(=O)OC)NC1CCN(C(=O)OC(C)(C)C)CC1.